The lowest BCUT2D eigenvalue weighted by Gasteiger charge is -2.11. The molecule has 0 saturated heterocycles. The zero-order valence-corrected chi connectivity index (χ0v) is 17.8. The van der Waals surface area contributed by atoms with Gasteiger partial charge in [0, 0.05) is 28.2 Å². The third-order valence-electron chi connectivity index (χ3n) is 4.78. The number of aromatic nitrogens is 2. The van der Waals surface area contributed by atoms with Crippen LogP contribution in [0.5, 0.6) is 5.75 Å². The van der Waals surface area contributed by atoms with Crippen LogP contribution in [0.3, 0.4) is 0 Å². The van der Waals surface area contributed by atoms with E-state index < -0.39 is 17.6 Å². The summed E-state index contributed by atoms with van der Waals surface area (Å²) in [7, 11) is 0. The summed E-state index contributed by atoms with van der Waals surface area (Å²) in [5.41, 5.74) is 1.34. The van der Waals surface area contributed by atoms with E-state index in [9.17, 15) is 18.7 Å². The number of nitrogens with one attached hydrogen (secondary N) is 1. The molecule has 3 aromatic rings. The van der Waals surface area contributed by atoms with E-state index in [0.717, 1.165) is 12.8 Å². The fraction of sp³-hybridized carbons (Fsp3) is 0.227. The van der Waals surface area contributed by atoms with Gasteiger partial charge in [-0.2, -0.15) is 0 Å². The van der Waals surface area contributed by atoms with Gasteiger partial charge in [0.25, 0.3) is 0 Å². The largest absolute Gasteiger partial charge is 0.490 e. The number of rotatable bonds is 8. The fourth-order valence-corrected chi connectivity index (χ4v) is 3.46. The Hall–Kier alpha value is -3.07. The third-order valence-corrected chi connectivity index (χ3v) is 5.24. The summed E-state index contributed by atoms with van der Waals surface area (Å²) in [6.45, 7) is 0.264. The molecule has 1 aromatic heterocycles. The summed E-state index contributed by atoms with van der Waals surface area (Å²) in [4.78, 5) is 19.8. The molecular formula is C22H18BrF2N3O3. The van der Waals surface area contributed by atoms with Crippen LogP contribution in [0.25, 0.3) is 11.3 Å². The van der Waals surface area contributed by atoms with Gasteiger partial charge in [-0.25, -0.2) is 23.5 Å². The van der Waals surface area contributed by atoms with Crippen LogP contribution < -0.4 is 10.1 Å². The first-order valence-corrected chi connectivity index (χ1v) is 10.4. The van der Waals surface area contributed by atoms with Crippen molar-refractivity contribution in [2.75, 3.05) is 11.9 Å². The molecule has 1 saturated carbocycles. The van der Waals surface area contributed by atoms with E-state index in [0.29, 0.717) is 27.3 Å². The summed E-state index contributed by atoms with van der Waals surface area (Å²) >= 11 is 3.06. The lowest BCUT2D eigenvalue weighted by molar-refractivity contribution is 0.0692. The minimum atomic E-state index is -1.06. The highest BCUT2D eigenvalue weighted by atomic mass is 79.9. The number of hydrogen-bond donors (Lipinski definition) is 2. The molecule has 1 heterocycles. The van der Waals surface area contributed by atoms with Crippen molar-refractivity contribution in [1.82, 2.24) is 9.97 Å². The van der Waals surface area contributed by atoms with Crippen LogP contribution in [0.15, 0.2) is 47.2 Å². The molecule has 160 valence electrons. The predicted octanol–water partition coefficient (Wildman–Crippen LogP) is 5.08. The van der Waals surface area contributed by atoms with Crippen molar-refractivity contribution in [1.29, 1.82) is 0 Å². The Morgan fingerprint density at radius 1 is 1.16 bits per heavy atom. The predicted molar refractivity (Wildman–Crippen MR) is 114 cm³/mol. The minimum Gasteiger partial charge on any atom is -0.490 e. The van der Waals surface area contributed by atoms with Crippen LogP contribution >= 0.6 is 15.9 Å². The normalized spacial score (nSPS) is 13.1. The van der Waals surface area contributed by atoms with Crippen molar-refractivity contribution in [3.63, 3.8) is 0 Å². The Labute approximate surface area is 185 Å². The van der Waals surface area contributed by atoms with E-state index in [1.54, 1.807) is 18.2 Å². The highest BCUT2D eigenvalue weighted by Crippen LogP contribution is 2.32. The first-order chi connectivity index (χ1) is 14.9. The SMILES string of the molecule is O=C(O)c1ccc(-c2cc(NCCc3c(F)cc(Br)cc3F)ncn2)cc1OC1CC1. The number of halogens is 3. The second-order valence-electron chi connectivity index (χ2n) is 7.15. The first kappa shape index (κ1) is 21.2. The van der Waals surface area contributed by atoms with Gasteiger partial charge < -0.3 is 15.2 Å². The molecule has 2 N–H and O–H groups in total. The van der Waals surface area contributed by atoms with Gasteiger partial charge >= 0.3 is 5.97 Å². The Balaban J connectivity index is 1.49. The zero-order valence-electron chi connectivity index (χ0n) is 16.2. The summed E-state index contributed by atoms with van der Waals surface area (Å²) in [5.74, 6) is -1.49. The van der Waals surface area contributed by atoms with Crippen LogP contribution in [-0.4, -0.2) is 33.7 Å². The first-order valence-electron chi connectivity index (χ1n) is 9.64. The standard InChI is InChI=1S/C22H18BrF2N3O3/c23-13-8-17(24)15(18(25)9-13)5-6-26-21-10-19(27-11-28-21)12-1-4-16(22(29)30)20(7-12)31-14-2-3-14/h1,4,7-11,14H,2-3,5-6H2,(H,29,30)(H,26,27,28). The summed E-state index contributed by atoms with van der Waals surface area (Å²) < 4.78 is 34.0. The summed E-state index contributed by atoms with van der Waals surface area (Å²) in [6.07, 6.45) is 3.37. The van der Waals surface area contributed by atoms with Gasteiger partial charge in [0.2, 0.25) is 0 Å². The summed E-state index contributed by atoms with van der Waals surface area (Å²) in [5, 5.41) is 12.4. The molecule has 1 aliphatic carbocycles. The van der Waals surface area contributed by atoms with E-state index in [1.807, 2.05) is 0 Å². The van der Waals surface area contributed by atoms with E-state index in [4.69, 9.17) is 4.74 Å². The molecule has 0 unspecified atom stereocenters. The van der Waals surface area contributed by atoms with E-state index in [2.05, 4.69) is 31.2 Å². The van der Waals surface area contributed by atoms with Gasteiger partial charge in [-0.1, -0.05) is 22.0 Å². The Morgan fingerprint density at radius 3 is 2.58 bits per heavy atom. The average Bonchev–Trinajstić information content (AvgIpc) is 3.54. The van der Waals surface area contributed by atoms with Gasteiger partial charge in [-0.05, 0) is 43.5 Å². The quantitative estimate of drug-likeness (QED) is 0.459. The third kappa shape index (κ3) is 5.16. The number of ether oxygens (including phenoxy) is 1. The number of hydrogen-bond acceptors (Lipinski definition) is 5. The molecule has 1 aliphatic rings. The number of nitrogens with zero attached hydrogens (tertiary/aromatic N) is 2. The fourth-order valence-electron chi connectivity index (χ4n) is 3.06. The smallest absolute Gasteiger partial charge is 0.339 e. The zero-order chi connectivity index (χ0) is 22.0. The maximum absolute atomic E-state index is 14.0. The molecule has 0 bridgehead atoms. The van der Waals surface area contributed by atoms with Gasteiger partial charge in [0.05, 0.1) is 11.8 Å². The maximum Gasteiger partial charge on any atom is 0.339 e. The van der Waals surface area contributed by atoms with Crippen LogP contribution in [-0.2, 0) is 6.42 Å². The Kier molecular flexibility index (Phi) is 6.13. The minimum absolute atomic E-state index is 0.00361. The Bertz CT molecular complexity index is 1120. The molecule has 1 fully saturated rings. The van der Waals surface area contributed by atoms with E-state index in [1.165, 1.54) is 24.5 Å². The number of carboxylic acids is 1. The lowest BCUT2D eigenvalue weighted by atomic mass is 10.1. The second-order valence-corrected chi connectivity index (χ2v) is 8.06. The molecule has 4 rings (SSSR count). The second kappa shape index (κ2) is 8.97. The van der Waals surface area contributed by atoms with Gasteiger partial charge in [-0.3, -0.25) is 0 Å². The highest BCUT2D eigenvalue weighted by molar-refractivity contribution is 9.10. The molecule has 0 radical (unpaired) electrons. The number of carboxylic acid groups (broad SMARTS) is 1. The van der Waals surface area contributed by atoms with Crippen LogP contribution in [0.2, 0.25) is 0 Å². The average molecular weight is 490 g/mol. The van der Waals surface area contributed by atoms with Gasteiger partial charge in [-0.15, -0.1) is 0 Å². The van der Waals surface area contributed by atoms with Crippen molar-refractivity contribution < 1.29 is 23.4 Å². The van der Waals surface area contributed by atoms with Crippen LogP contribution in [0, 0.1) is 11.6 Å². The molecule has 0 amide bonds. The molecule has 0 atom stereocenters. The van der Waals surface area contributed by atoms with Crippen molar-refractivity contribution in [2.45, 2.75) is 25.4 Å². The van der Waals surface area contributed by atoms with Crippen molar-refractivity contribution >= 4 is 27.7 Å². The molecule has 31 heavy (non-hydrogen) atoms. The van der Waals surface area contributed by atoms with E-state index >= 15 is 0 Å². The number of aromatic carboxylic acids is 1. The molecule has 0 aliphatic heterocycles. The Morgan fingerprint density at radius 2 is 1.90 bits per heavy atom. The molecule has 2 aromatic carbocycles. The van der Waals surface area contributed by atoms with Crippen LogP contribution in [0.4, 0.5) is 14.6 Å². The molecule has 0 spiro atoms. The van der Waals surface area contributed by atoms with Gasteiger partial charge in [0.15, 0.2) is 0 Å². The molecule has 9 heteroatoms. The maximum atomic E-state index is 14.0. The molecule has 6 nitrogen and oxygen atoms in total. The van der Waals surface area contributed by atoms with Crippen LogP contribution in [0.1, 0.15) is 28.8 Å². The summed E-state index contributed by atoms with van der Waals surface area (Å²) in [6, 6.07) is 8.93. The van der Waals surface area contributed by atoms with Crippen molar-refractivity contribution in [3.05, 3.63) is 70.0 Å². The van der Waals surface area contributed by atoms with Crippen molar-refractivity contribution in [3.8, 4) is 17.0 Å². The highest BCUT2D eigenvalue weighted by Gasteiger charge is 2.26. The number of benzene rings is 2. The topological polar surface area (TPSA) is 84.3 Å². The monoisotopic (exact) mass is 489 g/mol. The lowest BCUT2D eigenvalue weighted by Crippen LogP contribution is -2.09. The van der Waals surface area contributed by atoms with Gasteiger partial charge in [0.1, 0.15) is 35.1 Å². The van der Waals surface area contributed by atoms with Crippen molar-refractivity contribution in [2.24, 2.45) is 0 Å². The number of anilines is 1. The van der Waals surface area contributed by atoms with E-state index in [-0.39, 0.29) is 30.2 Å². The molecular weight excluding hydrogens is 472 g/mol. The number of carbonyl (C=O) groups is 1.